The summed E-state index contributed by atoms with van der Waals surface area (Å²) >= 11 is 6.21. The smallest absolute Gasteiger partial charge is 0.471 e. The number of likely N-dealkylation sites (tertiary alicyclic amines) is 1. The van der Waals surface area contributed by atoms with Crippen LogP contribution in [-0.4, -0.2) is 61.1 Å². The Labute approximate surface area is 179 Å². The van der Waals surface area contributed by atoms with Crippen molar-refractivity contribution in [1.29, 1.82) is 0 Å². The summed E-state index contributed by atoms with van der Waals surface area (Å²) in [6, 6.07) is 5.05. The Bertz CT molecular complexity index is 786. The van der Waals surface area contributed by atoms with Gasteiger partial charge in [0.15, 0.2) is 0 Å². The molecular weight excluding hydrogens is 421 g/mol. The third kappa shape index (κ3) is 5.39. The lowest BCUT2D eigenvalue weighted by Gasteiger charge is -2.39. The van der Waals surface area contributed by atoms with E-state index < -0.39 is 12.1 Å². The fraction of sp³-hybridized carbons (Fsp3) is 0.619. The monoisotopic (exact) mass is 446 g/mol. The highest BCUT2D eigenvalue weighted by molar-refractivity contribution is 6.34. The predicted molar refractivity (Wildman–Crippen MR) is 107 cm³/mol. The first-order chi connectivity index (χ1) is 14.0. The second-order valence-corrected chi connectivity index (χ2v) is 8.79. The number of nitrogens with zero attached hydrogens (tertiary/aromatic N) is 2. The van der Waals surface area contributed by atoms with Crippen LogP contribution in [0.5, 0.6) is 5.75 Å². The van der Waals surface area contributed by atoms with Crippen molar-refractivity contribution in [2.45, 2.75) is 44.4 Å². The summed E-state index contributed by atoms with van der Waals surface area (Å²) in [6.07, 6.45) is -0.762. The fourth-order valence-electron chi connectivity index (χ4n) is 4.16. The molecule has 0 radical (unpaired) electrons. The number of hydrogen-bond donors (Lipinski definition) is 0. The molecule has 1 aromatic rings. The van der Waals surface area contributed by atoms with Gasteiger partial charge in [-0.05, 0) is 62.1 Å². The lowest BCUT2D eigenvalue weighted by Crippen LogP contribution is -2.46. The van der Waals surface area contributed by atoms with E-state index in [1.54, 1.807) is 32.3 Å². The first kappa shape index (κ1) is 22.7. The van der Waals surface area contributed by atoms with Gasteiger partial charge in [-0.2, -0.15) is 13.2 Å². The molecule has 1 saturated heterocycles. The van der Waals surface area contributed by atoms with E-state index in [0.29, 0.717) is 41.0 Å². The first-order valence-electron chi connectivity index (χ1n) is 10.1. The van der Waals surface area contributed by atoms with Gasteiger partial charge in [0.05, 0.1) is 16.7 Å². The minimum atomic E-state index is -4.79. The molecule has 0 N–H and O–H groups in total. The maximum Gasteiger partial charge on any atom is 0.471 e. The van der Waals surface area contributed by atoms with Crippen LogP contribution in [0.1, 0.15) is 42.5 Å². The molecule has 1 aromatic carbocycles. The van der Waals surface area contributed by atoms with E-state index in [1.807, 2.05) is 0 Å². The molecule has 166 valence electrons. The predicted octanol–water partition coefficient (Wildman–Crippen LogP) is 4.39. The van der Waals surface area contributed by atoms with E-state index in [4.69, 9.17) is 16.3 Å². The molecular formula is C21H26ClF3N2O3. The van der Waals surface area contributed by atoms with Gasteiger partial charge < -0.3 is 14.5 Å². The van der Waals surface area contributed by atoms with Gasteiger partial charge in [0.2, 0.25) is 0 Å². The van der Waals surface area contributed by atoms with E-state index in [9.17, 15) is 22.8 Å². The Morgan fingerprint density at radius 3 is 2.33 bits per heavy atom. The Kier molecular flexibility index (Phi) is 6.84. The quantitative estimate of drug-likeness (QED) is 0.674. The molecule has 0 bridgehead atoms. The number of piperidine rings is 1. The van der Waals surface area contributed by atoms with Gasteiger partial charge in [0, 0.05) is 27.2 Å². The molecule has 2 fully saturated rings. The molecule has 0 unspecified atom stereocenters. The lowest BCUT2D eigenvalue weighted by molar-refractivity contribution is -0.186. The van der Waals surface area contributed by atoms with Gasteiger partial charge in [0.1, 0.15) is 5.75 Å². The van der Waals surface area contributed by atoms with Crippen LogP contribution >= 0.6 is 11.6 Å². The second kappa shape index (κ2) is 9.04. The molecule has 0 aromatic heterocycles. The SMILES string of the molecule is CN(C)C(=O)c1ccc(OC2CC(CC3CCN(C(=O)C(F)(F)F)CC3)C2)cc1Cl. The number of amides is 2. The van der Waals surface area contributed by atoms with Gasteiger partial charge in [-0.3, -0.25) is 9.59 Å². The van der Waals surface area contributed by atoms with E-state index in [0.717, 1.165) is 24.2 Å². The third-order valence-electron chi connectivity index (χ3n) is 5.88. The summed E-state index contributed by atoms with van der Waals surface area (Å²) < 4.78 is 43.5. The van der Waals surface area contributed by atoms with Crippen molar-refractivity contribution >= 4 is 23.4 Å². The normalized spacial score (nSPS) is 22.4. The van der Waals surface area contributed by atoms with Crippen LogP contribution < -0.4 is 4.74 Å². The lowest BCUT2D eigenvalue weighted by atomic mass is 9.74. The van der Waals surface area contributed by atoms with Crippen molar-refractivity contribution in [1.82, 2.24) is 9.80 Å². The molecule has 0 atom stereocenters. The molecule has 1 heterocycles. The van der Waals surface area contributed by atoms with Crippen LogP contribution in [-0.2, 0) is 4.79 Å². The highest BCUT2D eigenvalue weighted by Crippen LogP contribution is 2.39. The summed E-state index contributed by atoms with van der Waals surface area (Å²) in [7, 11) is 3.32. The molecule has 1 aliphatic heterocycles. The first-order valence-corrected chi connectivity index (χ1v) is 10.5. The van der Waals surface area contributed by atoms with Crippen molar-refractivity contribution in [3.8, 4) is 5.75 Å². The minimum absolute atomic E-state index is 0.0772. The summed E-state index contributed by atoms with van der Waals surface area (Å²) in [6.45, 7) is 0.346. The van der Waals surface area contributed by atoms with E-state index in [2.05, 4.69) is 0 Å². The Balaban J connectivity index is 1.41. The van der Waals surface area contributed by atoms with Gasteiger partial charge in [-0.15, -0.1) is 0 Å². The van der Waals surface area contributed by atoms with E-state index >= 15 is 0 Å². The largest absolute Gasteiger partial charge is 0.490 e. The van der Waals surface area contributed by atoms with E-state index in [-0.39, 0.29) is 25.1 Å². The average Bonchev–Trinajstić information content (AvgIpc) is 2.65. The second-order valence-electron chi connectivity index (χ2n) is 8.39. The molecule has 3 rings (SSSR count). The molecule has 5 nitrogen and oxygen atoms in total. The highest BCUT2D eigenvalue weighted by Gasteiger charge is 2.43. The number of carbonyl (C=O) groups excluding carboxylic acids is 2. The topological polar surface area (TPSA) is 49.9 Å². The Morgan fingerprint density at radius 1 is 1.17 bits per heavy atom. The van der Waals surface area contributed by atoms with Crippen molar-refractivity contribution < 1.29 is 27.5 Å². The molecule has 30 heavy (non-hydrogen) atoms. The van der Waals surface area contributed by atoms with Crippen molar-refractivity contribution in [3.05, 3.63) is 28.8 Å². The fourth-order valence-corrected chi connectivity index (χ4v) is 4.41. The number of carbonyl (C=O) groups is 2. The zero-order chi connectivity index (χ0) is 22.1. The molecule has 9 heteroatoms. The van der Waals surface area contributed by atoms with Crippen LogP contribution in [0.3, 0.4) is 0 Å². The number of hydrogen-bond acceptors (Lipinski definition) is 3. The Hall–Kier alpha value is -1.96. The van der Waals surface area contributed by atoms with Crippen LogP contribution in [0, 0.1) is 11.8 Å². The number of halogens is 4. The zero-order valence-corrected chi connectivity index (χ0v) is 17.8. The molecule has 2 aliphatic rings. The van der Waals surface area contributed by atoms with Gasteiger partial charge in [0.25, 0.3) is 5.91 Å². The highest BCUT2D eigenvalue weighted by atomic mass is 35.5. The van der Waals surface area contributed by atoms with Crippen LogP contribution in [0.2, 0.25) is 5.02 Å². The number of alkyl halides is 3. The van der Waals surface area contributed by atoms with Gasteiger partial charge in [-0.25, -0.2) is 0 Å². The van der Waals surface area contributed by atoms with Gasteiger partial charge in [-0.1, -0.05) is 11.6 Å². The van der Waals surface area contributed by atoms with Crippen LogP contribution in [0.25, 0.3) is 0 Å². The van der Waals surface area contributed by atoms with Crippen LogP contribution in [0.15, 0.2) is 18.2 Å². The third-order valence-corrected chi connectivity index (χ3v) is 6.20. The molecule has 2 amide bonds. The average molecular weight is 447 g/mol. The summed E-state index contributed by atoms with van der Waals surface area (Å²) in [5.74, 6) is -0.445. The zero-order valence-electron chi connectivity index (χ0n) is 17.0. The van der Waals surface area contributed by atoms with E-state index in [1.165, 1.54) is 4.90 Å². The number of rotatable bonds is 5. The number of benzene rings is 1. The summed E-state index contributed by atoms with van der Waals surface area (Å²) in [4.78, 5) is 25.7. The maximum atomic E-state index is 12.5. The molecule has 1 aliphatic carbocycles. The summed E-state index contributed by atoms with van der Waals surface area (Å²) in [5, 5.41) is 0.349. The Morgan fingerprint density at radius 2 is 1.80 bits per heavy atom. The van der Waals surface area contributed by atoms with Crippen molar-refractivity contribution in [3.63, 3.8) is 0 Å². The van der Waals surface area contributed by atoms with Crippen LogP contribution in [0.4, 0.5) is 13.2 Å². The van der Waals surface area contributed by atoms with Gasteiger partial charge >= 0.3 is 12.1 Å². The minimum Gasteiger partial charge on any atom is -0.490 e. The molecule has 1 saturated carbocycles. The molecule has 0 spiro atoms. The maximum absolute atomic E-state index is 12.5. The number of ether oxygens (including phenoxy) is 1. The summed E-state index contributed by atoms with van der Waals surface area (Å²) in [5.41, 5.74) is 0.427. The van der Waals surface area contributed by atoms with Crippen molar-refractivity contribution in [2.24, 2.45) is 11.8 Å². The standard InChI is InChI=1S/C21H26ClF3N2O3/c1-26(2)19(28)17-4-3-15(12-18(17)22)30-16-10-14(11-16)9-13-5-7-27(8-6-13)20(29)21(23,24)25/h3-4,12-14,16H,5-11H2,1-2H3. The van der Waals surface area contributed by atoms with Crippen molar-refractivity contribution in [2.75, 3.05) is 27.2 Å².